The monoisotopic (exact) mass is 335 g/mol. The normalized spacial score (nSPS) is 22.5. The van der Waals surface area contributed by atoms with E-state index in [1.807, 2.05) is 24.4 Å². The summed E-state index contributed by atoms with van der Waals surface area (Å²) in [6.07, 6.45) is 6.25. The van der Waals surface area contributed by atoms with Gasteiger partial charge in [0, 0.05) is 60.0 Å². The highest BCUT2D eigenvalue weighted by Gasteiger charge is 2.40. The maximum Gasteiger partial charge on any atom is 0.123 e. The molecule has 0 N–H and O–H groups in total. The third-order valence-corrected chi connectivity index (χ3v) is 6.10. The molecule has 0 radical (unpaired) electrons. The van der Waals surface area contributed by atoms with E-state index in [0.717, 1.165) is 30.5 Å². The molecule has 2 atom stereocenters. The van der Waals surface area contributed by atoms with Gasteiger partial charge in [-0.15, -0.1) is 0 Å². The molecule has 2 bridgehead atoms. The smallest absolute Gasteiger partial charge is 0.123 e. The third-order valence-electron chi connectivity index (χ3n) is 6.10. The van der Waals surface area contributed by atoms with Crippen LogP contribution in [0.25, 0.3) is 10.9 Å². The molecule has 2 unspecified atom stereocenters. The Bertz CT molecular complexity index is 931. The van der Waals surface area contributed by atoms with E-state index in [9.17, 15) is 4.39 Å². The fourth-order valence-corrected chi connectivity index (χ4v) is 4.85. The summed E-state index contributed by atoms with van der Waals surface area (Å²) >= 11 is 0. The van der Waals surface area contributed by atoms with Crippen molar-refractivity contribution in [3.63, 3.8) is 0 Å². The number of fused-ring (bicyclic) bond motifs is 6. The van der Waals surface area contributed by atoms with Crippen molar-refractivity contribution >= 4 is 10.9 Å². The summed E-state index contributed by atoms with van der Waals surface area (Å²) in [7, 11) is 2.22. The van der Waals surface area contributed by atoms with Gasteiger partial charge in [-0.2, -0.15) is 0 Å². The summed E-state index contributed by atoms with van der Waals surface area (Å²) in [4.78, 5) is 6.95. The van der Waals surface area contributed by atoms with Crippen molar-refractivity contribution in [1.29, 1.82) is 0 Å². The van der Waals surface area contributed by atoms with Gasteiger partial charge in [-0.1, -0.05) is 6.07 Å². The lowest BCUT2D eigenvalue weighted by atomic mass is 9.97. The van der Waals surface area contributed by atoms with Gasteiger partial charge < -0.3 is 4.57 Å². The van der Waals surface area contributed by atoms with Crippen LogP contribution in [-0.4, -0.2) is 27.5 Å². The zero-order valence-electron chi connectivity index (χ0n) is 14.5. The summed E-state index contributed by atoms with van der Waals surface area (Å²) in [5.74, 6) is -0.139. The number of aromatic nitrogens is 2. The Labute approximate surface area is 147 Å². The molecule has 2 aromatic heterocycles. The van der Waals surface area contributed by atoms with Gasteiger partial charge in [0.15, 0.2) is 0 Å². The molecule has 1 fully saturated rings. The van der Waals surface area contributed by atoms with Crippen molar-refractivity contribution in [2.75, 3.05) is 7.05 Å². The molecule has 3 nitrogen and oxygen atoms in total. The molecule has 1 saturated heterocycles. The van der Waals surface area contributed by atoms with Gasteiger partial charge in [-0.25, -0.2) is 4.39 Å². The van der Waals surface area contributed by atoms with Crippen molar-refractivity contribution in [2.24, 2.45) is 0 Å². The van der Waals surface area contributed by atoms with Crippen LogP contribution in [0.15, 0.2) is 42.6 Å². The SMILES string of the molecule is CN1C2CCC1c1c(n(CCc3ccccn3)c3ccc(F)cc13)C2. The zero-order valence-corrected chi connectivity index (χ0v) is 14.5. The van der Waals surface area contributed by atoms with Crippen LogP contribution in [0.5, 0.6) is 0 Å². The lowest BCUT2D eigenvalue weighted by Crippen LogP contribution is -2.34. The minimum absolute atomic E-state index is 0.139. The molecule has 3 aromatic rings. The predicted octanol–water partition coefficient (Wildman–Crippen LogP) is 4.11. The van der Waals surface area contributed by atoms with Gasteiger partial charge in [0.1, 0.15) is 5.82 Å². The fourth-order valence-electron chi connectivity index (χ4n) is 4.85. The quantitative estimate of drug-likeness (QED) is 0.718. The Morgan fingerprint density at radius 3 is 2.96 bits per heavy atom. The standard InChI is InChI=1S/C21H22FN3/c1-24-16-6-8-19(24)21-17-12-14(22)5-7-18(17)25(20(21)13-16)11-9-15-4-2-3-10-23-15/h2-5,7,10,12,16,19H,6,8-9,11,13H2,1H3. The third kappa shape index (κ3) is 2.31. The fraction of sp³-hybridized carbons (Fsp3) is 0.381. The van der Waals surface area contributed by atoms with Crippen LogP contribution in [0, 0.1) is 5.82 Å². The zero-order chi connectivity index (χ0) is 17.0. The minimum Gasteiger partial charge on any atom is -0.344 e. The maximum absolute atomic E-state index is 14.0. The summed E-state index contributed by atoms with van der Waals surface area (Å²) in [5.41, 5.74) is 5.06. The number of pyridine rings is 1. The molecule has 25 heavy (non-hydrogen) atoms. The summed E-state index contributed by atoms with van der Waals surface area (Å²) in [6, 6.07) is 12.4. The second-order valence-electron chi connectivity index (χ2n) is 7.36. The lowest BCUT2D eigenvalue weighted by Gasteiger charge is -2.32. The van der Waals surface area contributed by atoms with Gasteiger partial charge in [-0.3, -0.25) is 9.88 Å². The summed E-state index contributed by atoms with van der Waals surface area (Å²) in [6.45, 7) is 0.900. The first-order valence-electron chi connectivity index (χ1n) is 9.15. The Balaban J connectivity index is 1.62. The molecule has 4 heterocycles. The van der Waals surface area contributed by atoms with Crippen molar-refractivity contribution in [3.05, 3.63) is 65.4 Å². The second-order valence-corrected chi connectivity index (χ2v) is 7.36. The number of benzene rings is 1. The first kappa shape index (κ1) is 15.1. The Morgan fingerprint density at radius 2 is 2.12 bits per heavy atom. The average molecular weight is 335 g/mol. The molecule has 2 aliphatic rings. The Morgan fingerprint density at radius 1 is 1.20 bits per heavy atom. The van der Waals surface area contributed by atoms with Gasteiger partial charge in [-0.05, 0) is 55.8 Å². The second kappa shape index (κ2) is 5.67. The van der Waals surface area contributed by atoms with E-state index in [2.05, 4.69) is 27.6 Å². The average Bonchev–Trinajstić information content (AvgIpc) is 3.04. The number of halogens is 1. The summed E-state index contributed by atoms with van der Waals surface area (Å²) in [5, 5.41) is 1.10. The van der Waals surface area contributed by atoms with E-state index in [4.69, 9.17) is 0 Å². The van der Waals surface area contributed by atoms with Crippen LogP contribution < -0.4 is 0 Å². The van der Waals surface area contributed by atoms with E-state index in [1.165, 1.54) is 29.6 Å². The van der Waals surface area contributed by atoms with Crippen molar-refractivity contribution in [1.82, 2.24) is 14.5 Å². The van der Waals surface area contributed by atoms with E-state index in [1.54, 1.807) is 12.1 Å². The van der Waals surface area contributed by atoms with E-state index in [-0.39, 0.29) is 5.82 Å². The highest BCUT2D eigenvalue weighted by molar-refractivity contribution is 5.86. The first-order valence-corrected chi connectivity index (χ1v) is 9.15. The van der Waals surface area contributed by atoms with Crippen LogP contribution in [-0.2, 0) is 19.4 Å². The van der Waals surface area contributed by atoms with E-state index >= 15 is 0 Å². The molecule has 0 spiro atoms. The maximum atomic E-state index is 14.0. The number of rotatable bonds is 3. The molecular formula is C21H22FN3. The van der Waals surface area contributed by atoms with Gasteiger partial charge in [0.25, 0.3) is 0 Å². The number of hydrogen-bond donors (Lipinski definition) is 0. The van der Waals surface area contributed by atoms with Crippen LogP contribution in [0.1, 0.15) is 35.8 Å². The summed E-state index contributed by atoms with van der Waals surface area (Å²) < 4.78 is 16.4. The number of aryl methyl sites for hydroxylation is 2. The molecule has 0 aliphatic carbocycles. The molecular weight excluding hydrogens is 313 g/mol. The molecule has 128 valence electrons. The molecule has 2 aliphatic heterocycles. The first-order chi connectivity index (χ1) is 12.2. The van der Waals surface area contributed by atoms with Crippen LogP contribution in [0.3, 0.4) is 0 Å². The van der Waals surface area contributed by atoms with Crippen molar-refractivity contribution in [2.45, 2.75) is 44.3 Å². The molecule has 0 saturated carbocycles. The van der Waals surface area contributed by atoms with Crippen LogP contribution in [0.2, 0.25) is 0 Å². The highest BCUT2D eigenvalue weighted by atomic mass is 19.1. The number of likely N-dealkylation sites (N-methyl/N-ethyl adjacent to an activating group) is 1. The molecule has 4 heteroatoms. The Kier molecular flexibility index (Phi) is 3.42. The molecule has 5 rings (SSSR count). The molecule has 0 amide bonds. The largest absolute Gasteiger partial charge is 0.344 e. The van der Waals surface area contributed by atoms with Gasteiger partial charge in [0.05, 0.1) is 0 Å². The van der Waals surface area contributed by atoms with Crippen LogP contribution in [0.4, 0.5) is 4.39 Å². The highest BCUT2D eigenvalue weighted by Crippen LogP contribution is 2.46. The van der Waals surface area contributed by atoms with E-state index < -0.39 is 0 Å². The topological polar surface area (TPSA) is 21.1 Å². The predicted molar refractivity (Wildman–Crippen MR) is 97.1 cm³/mol. The minimum atomic E-state index is -0.139. The van der Waals surface area contributed by atoms with Gasteiger partial charge in [0.2, 0.25) is 0 Å². The van der Waals surface area contributed by atoms with E-state index in [0.29, 0.717) is 12.1 Å². The lowest BCUT2D eigenvalue weighted by molar-refractivity contribution is 0.222. The molecule has 1 aromatic carbocycles. The number of hydrogen-bond acceptors (Lipinski definition) is 2. The number of nitrogens with zero attached hydrogens (tertiary/aromatic N) is 3. The van der Waals surface area contributed by atoms with Gasteiger partial charge >= 0.3 is 0 Å². The van der Waals surface area contributed by atoms with Crippen molar-refractivity contribution < 1.29 is 4.39 Å². The van der Waals surface area contributed by atoms with Crippen LogP contribution >= 0.6 is 0 Å². The van der Waals surface area contributed by atoms with Crippen molar-refractivity contribution in [3.8, 4) is 0 Å². The Hall–Kier alpha value is -2.20.